The van der Waals surface area contributed by atoms with E-state index in [0.29, 0.717) is 22.3 Å². The molecule has 0 spiro atoms. The lowest BCUT2D eigenvalue weighted by Gasteiger charge is -2.12. The quantitative estimate of drug-likeness (QED) is 0.510. The minimum absolute atomic E-state index is 0.0753. The molecule has 130 valence electrons. The number of hydrogen-bond donors (Lipinski definition) is 0. The van der Waals surface area contributed by atoms with Crippen molar-refractivity contribution in [2.75, 3.05) is 12.5 Å². The Balaban J connectivity index is 1.77. The zero-order chi connectivity index (χ0) is 17.7. The maximum atomic E-state index is 13.4. The smallest absolute Gasteiger partial charge is 0.267 e. The summed E-state index contributed by atoms with van der Waals surface area (Å²) in [5, 5.41) is 10.2. The summed E-state index contributed by atoms with van der Waals surface area (Å²) < 4.78 is 12.4. The molecule has 3 heterocycles. The number of hydrogen-bond acceptors (Lipinski definition) is 7. The zero-order valence-electron chi connectivity index (χ0n) is 13.7. The molecule has 0 atom stereocenters. The van der Waals surface area contributed by atoms with E-state index >= 15 is 0 Å². The molecule has 0 saturated heterocycles. The van der Waals surface area contributed by atoms with E-state index in [4.69, 9.17) is 19.7 Å². The van der Waals surface area contributed by atoms with E-state index in [2.05, 4.69) is 6.07 Å². The third-order valence-corrected chi connectivity index (χ3v) is 6.58. The van der Waals surface area contributed by atoms with Crippen LogP contribution in [0.25, 0.3) is 15.9 Å². The molecule has 0 radical (unpaired) electrons. The van der Waals surface area contributed by atoms with Gasteiger partial charge in [-0.25, -0.2) is 4.98 Å². The Morgan fingerprint density at radius 1 is 1.31 bits per heavy atom. The molecule has 0 amide bonds. The summed E-state index contributed by atoms with van der Waals surface area (Å²) in [6, 6.07) is 7.52. The van der Waals surface area contributed by atoms with Crippen LogP contribution in [0.1, 0.15) is 16.9 Å². The lowest BCUT2D eigenvalue weighted by molar-refractivity contribution is 0.174. The van der Waals surface area contributed by atoms with Crippen LogP contribution in [0.4, 0.5) is 0 Å². The van der Waals surface area contributed by atoms with Crippen LogP contribution in [0.5, 0.6) is 11.5 Å². The number of ether oxygens (including phenoxy) is 2. The average Bonchev–Trinajstić information content (AvgIpc) is 3.34. The van der Waals surface area contributed by atoms with Crippen molar-refractivity contribution in [2.24, 2.45) is 0 Å². The van der Waals surface area contributed by atoms with Crippen LogP contribution in [0.3, 0.4) is 0 Å². The first-order valence-corrected chi connectivity index (χ1v) is 10.0. The van der Waals surface area contributed by atoms with E-state index in [1.165, 1.54) is 16.6 Å². The minimum atomic E-state index is -0.0753. The lowest BCUT2D eigenvalue weighted by Crippen LogP contribution is -2.21. The predicted molar refractivity (Wildman–Crippen MR) is 99.7 cm³/mol. The highest BCUT2D eigenvalue weighted by atomic mass is 32.2. The third-order valence-electron chi connectivity index (χ3n) is 4.59. The summed E-state index contributed by atoms with van der Waals surface area (Å²) in [6.45, 7) is 0.180. The lowest BCUT2D eigenvalue weighted by atomic mass is 10.2. The molecule has 0 saturated carbocycles. The maximum absolute atomic E-state index is 13.4. The first-order valence-electron chi connectivity index (χ1n) is 8.23. The standard InChI is InChI=1S/C18H13N3O3S2/c19-6-7-25-18-20-16-15(11-2-1-3-14(11)26-16)17(22)21(18)10-4-5-12-13(8-10)24-9-23-12/h4-5,8H,1-3,7,9H2. The number of aromatic nitrogens is 2. The van der Waals surface area contributed by atoms with E-state index in [9.17, 15) is 4.79 Å². The number of fused-ring (bicyclic) bond motifs is 4. The Labute approximate surface area is 157 Å². The van der Waals surface area contributed by atoms with Crippen molar-refractivity contribution in [2.45, 2.75) is 24.4 Å². The van der Waals surface area contributed by atoms with Crippen LogP contribution in [0.2, 0.25) is 0 Å². The Bertz CT molecular complexity index is 1140. The van der Waals surface area contributed by atoms with Crippen LogP contribution in [0, 0.1) is 11.3 Å². The normalized spacial score (nSPS) is 14.6. The molecule has 1 aliphatic carbocycles. The Morgan fingerprint density at radius 3 is 3.08 bits per heavy atom. The highest BCUT2D eigenvalue weighted by Crippen LogP contribution is 2.37. The van der Waals surface area contributed by atoms with E-state index in [0.717, 1.165) is 35.0 Å². The summed E-state index contributed by atoms with van der Waals surface area (Å²) in [4.78, 5) is 20.2. The number of nitrogens with zero attached hydrogens (tertiary/aromatic N) is 3. The van der Waals surface area contributed by atoms with Crippen LogP contribution in [-0.4, -0.2) is 22.1 Å². The summed E-state index contributed by atoms with van der Waals surface area (Å²) in [6.07, 6.45) is 3.03. The molecule has 2 aromatic heterocycles. The van der Waals surface area contributed by atoms with Crippen LogP contribution < -0.4 is 15.0 Å². The van der Waals surface area contributed by atoms with E-state index in [-0.39, 0.29) is 18.1 Å². The molecule has 0 bridgehead atoms. The molecule has 5 rings (SSSR count). The van der Waals surface area contributed by atoms with Crippen LogP contribution >= 0.6 is 23.1 Å². The summed E-state index contributed by atoms with van der Waals surface area (Å²) in [5.41, 5.74) is 1.74. The van der Waals surface area contributed by atoms with Gasteiger partial charge in [0.15, 0.2) is 16.7 Å². The van der Waals surface area contributed by atoms with E-state index < -0.39 is 0 Å². The van der Waals surface area contributed by atoms with Gasteiger partial charge in [0.1, 0.15) is 4.83 Å². The number of thiophene rings is 1. The topological polar surface area (TPSA) is 77.1 Å². The molecular weight excluding hydrogens is 370 g/mol. The Hall–Kier alpha value is -2.50. The fourth-order valence-electron chi connectivity index (χ4n) is 3.47. The molecule has 8 heteroatoms. The monoisotopic (exact) mass is 383 g/mol. The first kappa shape index (κ1) is 15.7. The Kier molecular flexibility index (Phi) is 3.65. The van der Waals surface area contributed by atoms with Gasteiger partial charge in [0, 0.05) is 10.9 Å². The summed E-state index contributed by atoms with van der Waals surface area (Å²) >= 11 is 2.88. The molecule has 6 nitrogen and oxygen atoms in total. The van der Waals surface area contributed by atoms with E-state index in [1.54, 1.807) is 28.0 Å². The van der Waals surface area contributed by atoms with Crippen molar-refractivity contribution < 1.29 is 9.47 Å². The first-order chi connectivity index (χ1) is 12.8. The predicted octanol–water partition coefficient (Wildman–Crippen LogP) is 3.28. The van der Waals surface area contributed by atoms with Gasteiger partial charge in [0.2, 0.25) is 6.79 Å². The van der Waals surface area contributed by atoms with Crippen molar-refractivity contribution in [3.05, 3.63) is 39.0 Å². The fraction of sp³-hybridized carbons (Fsp3) is 0.278. The van der Waals surface area contributed by atoms with Gasteiger partial charge in [0.25, 0.3) is 5.56 Å². The molecule has 2 aliphatic rings. The minimum Gasteiger partial charge on any atom is -0.454 e. The highest BCUT2D eigenvalue weighted by molar-refractivity contribution is 7.99. The van der Waals surface area contributed by atoms with E-state index in [1.807, 2.05) is 6.07 Å². The molecule has 1 aromatic carbocycles. The van der Waals surface area contributed by atoms with Crippen LogP contribution in [-0.2, 0) is 12.8 Å². The SMILES string of the molecule is N#CCSc1nc2sc3c(c2c(=O)n1-c1ccc2c(c1)OCO2)CCC3. The molecule has 0 unspecified atom stereocenters. The van der Waals surface area contributed by atoms with Gasteiger partial charge in [0.05, 0.1) is 22.9 Å². The second-order valence-electron chi connectivity index (χ2n) is 6.06. The second kappa shape index (κ2) is 6.04. The van der Waals surface area contributed by atoms with Gasteiger partial charge in [-0.05, 0) is 37.0 Å². The number of rotatable bonds is 3. The molecule has 1 aliphatic heterocycles. The number of nitriles is 1. The number of benzene rings is 1. The van der Waals surface area contributed by atoms with Gasteiger partial charge < -0.3 is 9.47 Å². The maximum Gasteiger partial charge on any atom is 0.267 e. The van der Waals surface area contributed by atoms with Gasteiger partial charge in [-0.15, -0.1) is 11.3 Å². The van der Waals surface area contributed by atoms with Gasteiger partial charge in [-0.3, -0.25) is 9.36 Å². The van der Waals surface area contributed by atoms with Crippen molar-refractivity contribution >= 4 is 33.3 Å². The average molecular weight is 383 g/mol. The highest BCUT2D eigenvalue weighted by Gasteiger charge is 2.24. The summed E-state index contributed by atoms with van der Waals surface area (Å²) in [7, 11) is 0. The molecule has 0 fully saturated rings. The second-order valence-corrected chi connectivity index (χ2v) is 8.08. The number of thioether (sulfide) groups is 1. The Morgan fingerprint density at radius 2 is 2.19 bits per heavy atom. The van der Waals surface area contributed by atoms with Crippen LogP contribution in [0.15, 0.2) is 28.2 Å². The van der Waals surface area contributed by atoms with Crippen molar-refractivity contribution in [3.8, 4) is 23.3 Å². The molecule has 26 heavy (non-hydrogen) atoms. The fourth-order valence-corrected chi connectivity index (χ4v) is 5.45. The largest absolute Gasteiger partial charge is 0.454 e. The molecular formula is C18H13N3O3S2. The number of aryl methyl sites for hydroxylation is 2. The third kappa shape index (κ3) is 2.31. The van der Waals surface area contributed by atoms with Gasteiger partial charge in [-0.1, -0.05) is 11.8 Å². The van der Waals surface area contributed by atoms with Crippen molar-refractivity contribution in [1.29, 1.82) is 5.26 Å². The zero-order valence-corrected chi connectivity index (χ0v) is 15.3. The van der Waals surface area contributed by atoms with Crippen molar-refractivity contribution in [3.63, 3.8) is 0 Å². The van der Waals surface area contributed by atoms with Gasteiger partial charge >= 0.3 is 0 Å². The molecule has 3 aromatic rings. The summed E-state index contributed by atoms with van der Waals surface area (Å²) in [5.74, 6) is 1.51. The molecule has 0 N–H and O–H groups in total. The van der Waals surface area contributed by atoms with Gasteiger partial charge in [-0.2, -0.15) is 5.26 Å². The van der Waals surface area contributed by atoms with Crippen molar-refractivity contribution in [1.82, 2.24) is 9.55 Å².